The summed E-state index contributed by atoms with van der Waals surface area (Å²) in [4.78, 5) is 8.91. The summed E-state index contributed by atoms with van der Waals surface area (Å²) in [6, 6.07) is 15.0. The Hall–Kier alpha value is -3.09. The number of piperazine rings is 1. The van der Waals surface area contributed by atoms with Crippen molar-refractivity contribution in [3.8, 4) is 17.9 Å². The fraction of sp³-hybridized carbons (Fsp3) is 0.316. The molecule has 126 valence electrons. The molecule has 0 saturated carbocycles. The maximum atomic E-state index is 8.99. The molecule has 0 aliphatic carbocycles. The van der Waals surface area contributed by atoms with Crippen LogP contribution in [0.4, 0.5) is 5.82 Å². The summed E-state index contributed by atoms with van der Waals surface area (Å²) in [6.45, 7) is 5.06. The van der Waals surface area contributed by atoms with Crippen molar-refractivity contribution in [2.24, 2.45) is 0 Å². The molecule has 0 atom stereocenters. The van der Waals surface area contributed by atoms with Crippen molar-refractivity contribution >= 4 is 5.82 Å². The lowest BCUT2D eigenvalue weighted by molar-refractivity contribution is 0.200. The molecule has 1 aromatic carbocycles. The Balaban J connectivity index is 1.45. The second-order valence-corrected chi connectivity index (χ2v) is 5.83. The van der Waals surface area contributed by atoms with E-state index in [1.807, 2.05) is 18.2 Å². The van der Waals surface area contributed by atoms with Crippen LogP contribution in [0.25, 0.3) is 0 Å². The fourth-order valence-corrected chi connectivity index (χ4v) is 2.81. The van der Waals surface area contributed by atoms with Crippen LogP contribution in [0.2, 0.25) is 0 Å². The highest BCUT2D eigenvalue weighted by Gasteiger charge is 2.18. The van der Waals surface area contributed by atoms with E-state index < -0.39 is 0 Å². The zero-order chi connectivity index (χ0) is 17.5. The zero-order valence-electron chi connectivity index (χ0n) is 13.9. The van der Waals surface area contributed by atoms with E-state index in [9.17, 15) is 0 Å². The summed E-state index contributed by atoms with van der Waals surface area (Å²) in [5, 5.41) is 17.9. The minimum absolute atomic E-state index is 0.594. The molecule has 1 aliphatic rings. The van der Waals surface area contributed by atoms with E-state index in [1.54, 1.807) is 24.4 Å². The highest BCUT2D eigenvalue weighted by Crippen LogP contribution is 2.15. The Morgan fingerprint density at radius 3 is 2.52 bits per heavy atom. The molecule has 1 aliphatic heterocycles. The van der Waals surface area contributed by atoms with Gasteiger partial charge in [0.1, 0.15) is 18.2 Å². The predicted molar refractivity (Wildman–Crippen MR) is 94.3 cm³/mol. The molecule has 2 aromatic rings. The van der Waals surface area contributed by atoms with Crippen molar-refractivity contribution in [2.45, 2.75) is 0 Å². The average Bonchev–Trinajstić information content (AvgIpc) is 2.69. The van der Waals surface area contributed by atoms with Crippen LogP contribution >= 0.6 is 0 Å². The number of rotatable bonds is 5. The van der Waals surface area contributed by atoms with Gasteiger partial charge in [0.2, 0.25) is 0 Å². The average molecular weight is 333 g/mol. The van der Waals surface area contributed by atoms with E-state index in [0.29, 0.717) is 17.7 Å². The summed E-state index contributed by atoms with van der Waals surface area (Å²) in [7, 11) is 0. The lowest BCUT2D eigenvalue weighted by Crippen LogP contribution is -2.47. The lowest BCUT2D eigenvalue weighted by atomic mass is 10.2. The van der Waals surface area contributed by atoms with Crippen LogP contribution in [-0.2, 0) is 0 Å². The third-order valence-corrected chi connectivity index (χ3v) is 4.21. The SMILES string of the molecule is N#Cc1cccc(OCCN2CCN(c3cc(C#N)ccn3)CC2)c1. The molecule has 0 amide bonds. The highest BCUT2D eigenvalue weighted by molar-refractivity contribution is 5.45. The number of ether oxygens (including phenoxy) is 1. The van der Waals surface area contributed by atoms with E-state index in [-0.39, 0.29) is 0 Å². The monoisotopic (exact) mass is 333 g/mol. The first-order chi connectivity index (χ1) is 12.3. The van der Waals surface area contributed by atoms with Gasteiger partial charge in [0, 0.05) is 38.9 Å². The van der Waals surface area contributed by atoms with Gasteiger partial charge in [-0.15, -0.1) is 0 Å². The predicted octanol–water partition coefficient (Wildman–Crippen LogP) is 2.03. The van der Waals surface area contributed by atoms with Crippen LogP contribution < -0.4 is 9.64 Å². The van der Waals surface area contributed by atoms with E-state index in [0.717, 1.165) is 44.3 Å². The van der Waals surface area contributed by atoms with Crippen LogP contribution in [0.15, 0.2) is 42.6 Å². The summed E-state index contributed by atoms with van der Waals surface area (Å²) in [6.07, 6.45) is 1.68. The first kappa shape index (κ1) is 16.8. The molecule has 25 heavy (non-hydrogen) atoms. The van der Waals surface area contributed by atoms with Gasteiger partial charge in [0.15, 0.2) is 0 Å². The Morgan fingerprint density at radius 2 is 1.76 bits per heavy atom. The molecule has 1 saturated heterocycles. The van der Waals surface area contributed by atoms with Crippen LogP contribution in [0.1, 0.15) is 11.1 Å². The second kappa shape index (κ2) is 8.14. The molecule has 0 N–H and O–H groups in total. The van der Waals surface area contributed by atoms with Gasteiger partial charge >= 0.3 is 0 Å². The van der Waals surface area contributed by atoms with Crippen molar-refractivity contribution in [1.29, 1.82) is 10.5 Å². The number of hydrogen-bond acceptors (Lipinski definition) is 6. The largest absolute Gasteiger partial charge is 0.492 e. The van der Waals surface area contributed by atoms with Crippen LogP contribution in [-0.4, -0.2) is 49.2 Å². The van der Waals surface area contributed by atoms with Crippen LogP contribution in [0, 0.1) is 22.7 Å². The number of nitriles is 2. The van der Waals surface area contributed by atoms with Crippen LogP contribution in [0.5, 0.6) is 5.75 Å². The molecule has 2 heterocycles. The number of nitrogens with zero attached hydrogens (tertiary/aromatic N) is 5. The summed E-state index contributed by atoms with van der Waals surface area (Å²) < 4.78 is 5.74. The number of aromatic nitrogens is 1. The molecule has 3 rings (SSSR count). The Morgan fingerprint density at radius 1 is 1.00 bits per heavy atom. The molecule has 1 fully saturated rings. The van der Waals surface area contributed by atoms with Crippen molar-refractivity contribution < 1.29 is 4.74 Å². The lowest BCUT2D eigenvalue weighted by Gasteiger charge is -2.35. The molecule has 0 radical (unpaired) electrons. The van der Waals surface area contributed by atoms with Crippen molar-refractivity contribution in [1.82, 2.24) is 9.88 Å². The number of hydrogen-bond donors (Lipinski definition) is 0. The molecule has 0 bridgehead atoms. The Kier molecular flexibility index (Phi) is 5.46. The topological polar surface area (TPSA) is 76.2 Å². The van der Waals surface area contributed by atoms with Gasteiger partial charge in [-0.3, -0.25) is 4.90 Å². The summed E-state index contributed by atoms with van der Waals surface area (Å²) in [5.41, 5.74) is 1.25. The normalized spacial score (nSPS) is 14.6. The van der Waals surface area contributed by atoms with E-state index in [4.69, 9.17) is 15.3 Å². The van der Waals surface area contributed by atoms with Crippen molar-refractivity contribution in [3.63, 3.8) is 0 Å². The molecule has 6 nitrogen and oxygen atoms in total. The van der Waals surface area contributed by atoms with Crippen molar-refractivity contribution in [2.75, 3.05) is 44.2 Å². The highest BCUT2D eigenvalue weighted by atomic mass is 16.5. The molecule has 0 spiro atoms. The fourth-order valence-electron chi connectivity index (χ4n) is 2.81. The van der Waals surface area contributed by atoms with Gasteiger partial charge in [-0.05, 0) is 30.3 Å². The third-order valence-electron chi connectivity index (χ3n) is 4.21. The Labute approximate surface area is 147 Å². The standard InChI is InChI=1S/C19H19N5O/c20-14-16-2-1-3-18(12-16)25-11-10-23-6-8-24(9-7-23)19-13-17(15-21)4-5-22-19/h1-5,12-13H,6-11H2. The van der Waals surface area contributed by atoms with Gasteiger partial charge < -0.3 is 9.64 Å². The first-order valence-electron chi connectivity index (χ1n) is 8.25. The van der Waals surface area contributed by atoms with Gasteiger partial charge in [0.25, 0.3) is 0 Å². The molecular formula is C19H19N5O. The maximum absolute atomic E-state index is 8.99. The smallest absolute Gasteiger partial charge is 0.129 e. The summed E-state index contributed by atoms with van der Waals surface area (Å²) >= 11 is 0. The third kappa shape index (κ3) is 4.47. The van der Waals surface area contributed by atoms with E-state index in [2.05, 4.69) is 26.9 Å². The van der Waals surface area contributed by atoms with Crippen molar-refractivity contribution in [3.05, 3.63) is 53.7 Å². The number of pyridine rings is 1. The molecule has 6 heteroatoms. The zero-order valence-corrected chi connectivity index (χ0v) is 13.9. The Bertz CT molecular complexity index is 797. The molecular weight excluding hydrogens is 314 g/mol. The number of benzene rings is 1. The maximum Gasteiger partial charge on any atom is 0.129 e. The molecule has 0 unspecified atom stereocenters. The quantitative estimate of drug-likeness (QED) is 0.833. The second-order valence-electron chi connectivity index (χ2n) is 5.83. The van der Waals surface area contributed by atoms with Gasteiger partial charge in [-0.1, -0.05) is 6.07 Å². The van der Waals surface area contributed by atoms with Gasteiger partial charge in [-0.25, -0.2) is 4.98 Å². The molecule has 1 aromatic heterocycles. The van der Waals surface area contributed by atoms with E-state index >= 15 is 0 Å². The van der Waals surface area contributed by atoms with Gasteiger partial charge in [0.05, 0.1) is 23.3 Å². The van der Waals surface area contributed by atoms with E-state index in [1.165, 1.54) is 0 Å². The minimum atomic E-state index is 0.594. The van der Waals surface area contributed by atoms with Gasteiger partial charge in [-0.2, -0.15) is 10.5 Å². The first-order valence-corrected chi connectivity index (χ1v) is 8.25. The minimum Gasteiger partial charge on any atom is -0.492 e. The van der Waals surface area contributed by atoms with Crippen LogP contribution in [0.3, 0.4) is 0 Å². The number of anilines is 1. The summed E-state index contributed by atoms with van der Waals surface area (Å²) in [5.74, 6) is 1.60.